The molecule has 0 saturated heterocycles. The number of thiol groups is 3. The molecule has 0 nitrogen and oxygen atoms in total. The van der Waals surface area contributed by atoms with Gasteiger partial charge in [-0.05, 0) is 35.5 Å². The van der Waals surface area contributed by atoms with Gasteiger partial charge in [0.15, 0.2) is 0 Å². The van der Waals surface area contributed by atoms with E-state index in [1.807, 2.05) is 16.2 Å². The first-order chi connectivity index (χ1) is 5.80. The fraction of sp³-hybridized carbons (Fsp3) is 0.333. The predicted octanol–water partition coefficient (Wildman–Crippen LogP) is 3.61. The lowest BCUT2D eigenvalue weighted by Crippen LogP contribution is -1.99. The van der Waals surface area contributed by atoms with Crippen LogP contribution in [0.1, 0.15) is 19.3 Å². The molecular formula is C9H12S3. The summed E-state index contributed by atoms with van der Waals surface area (Å²) in [7, 11) is 0. The monoisotopic (exact) mass is 216 g/mol. The van der Waals surface area contributed by atoms with Crippen molar-refractivity contribution in [2.75, 3.05) is 0 Å². The fourth-order valence-corrected chi connectivity index (χ4v) is 1.88. The van der Waals surface area contributed by atoms with Crippen LogP contribution in [0.4, 0.5) is 0 Å². The van der Waals surface area contributed by atoms with Crippen LogP contribution >= 0.6 is 37.9 Å². The minimum Gasteiger partial charge on any atom is -0.151 e. The Kier molecular flexibility index (Phi) is 4.40. The van der Waals surface area contributed by atoms with Gasteiger partial charge in [0, 0.05) is 0 Å². The van der Waals surface area contributed by atoms with Crippen LogP contribution in [0.15, 0.2) is 32.9 Å². The van der Waals surface area contributed by atoms with Gasteiger partial charge in [0.1, 0.15) is 0 Å². The van der Waals surface area contributed by atoms with Gasteiger partial charge >= 0.3 is 0 Å². The van der Waals surface area contributed by atoms with Crippen LogP contribution < -0.4 is 0 Å². The minimum atomic E-state index is 1.01. The van der Waals surface area contributed by atoms with Gasteiger partial charge < -0.3 is 0 Å². The zero-order chi connectivity index (χ0) is 8.97. The van der Waals surface area contributed by atoms with Crippen LogP contribution in [0.25, 0.3) is 0 Å². The summed E-state index contributed by atoms with van der Waals surface area (Å²) in [4.78, 5) is 0. The van der Waals surface area contributed by atoms with Crippen LogP contribution in [-0.4, -0.2) is 0 Å². The Morgan fingerprint density at radius 1 is 0.667 bits per heavy atom. The van der Waals surface area contributed by atoms with Gasteiger partial charge in [-0.2, -0.15) is 37.9 Å². The van der Waals surface area contributed by atoms with Crippen molar-refractivity contribution >= 4 is 37.9 Å². The van der Waals surface area contributed by atoms with E-state index in [1.165, 1.54) is 16.7 Å². The van der Waals surface area contributed by atoms with Crippen molar-refractivity contribution in [2.24, 2.45) is 0 Å². The second-order valence-corrected chi connectivity index (χ2v) is 3.67. The van der Waals surface area contributed by atoms with E-state index in [0.717, 1.165) is 19.3 Å². The molecule has 0 N–H and O–H groups in total. The second-order valence-electron chi connectivity index (χ2n) is 2.89. The van der Waals surface area contributed by atoms with Crippen molar-refractivity contribution in [3.63, 3.8) is 0 Å². The zero-order valence-electron chi connectivity index (χ0n) is 6.70. The largest absolute Gasteiger partial charge is 0.151 e. The summed E-state index contributed by atoms with van der Waals surface area (Å²) < 4.78 is 0. The third kappa shape index (κ3) is 2.64. The average molecular weight is 216 g/mol. The Hall–Kier alpha value is 0.270. The van der Waals surface area contributed by atoms with Crippen molar-refractivity contribution < 1.29 is 0 Å². The normalized spacial score (nSPS) is 17.8. The van der Waals surface area contributed by atoms with Crippen molar-refractivity contribution in [3.05, 3.63) is 32.9 Å². The molecule has 0 aromatic rings. The molecule has 1 rings (SSSR count). The fourth-order valence-electron chi connectivity index (χ4n) is 1.34. The van der Waals surface area contributed by atoms with Crippen LogP contribution in [0.2, 0.25) is 0 Å². The van der Waals surface area contributed by atoms with E-state index in [0.29, 0.717) is 0 Å². The SMILES string of the molecule is SC=C1CC(=CS)CC(=CS)C1. The lowest BCUT2D eigenvalue weighted by Gasteiger charge is -2.19. The highest BCUT2D eigenvalue weighted by molar-refractivity contribution is 7.83. The molecule has 0 aromatic carbocycles. The van der Waals surface area contributed by atoms with Crippen LogP contribution in [0, 0.1) is 0 Å². The Morgan fingerprint density at radius 3 is 1.08 bits per heavy atom. The van der Waals surface area contributed by atoms with E-state index in [2.05, 4.69) is 37.9 Å². The summed E-state index contributed by atoms with van der Waals surface area (Å²) in [6.07, 6.45) is 3.04. The maximum atomic E-state index is 4.16. The minimum absolute atomic E-state index is 1.01. The van der Waals surface area contributed by atoms with Gasteiger partial charge in [0.05, 0.1) is 0 Å². The lowest BCUT2D eigenvalue weighted by atomic mass is 9.89. The molecular weight excluding hydrogens is 204 g/mol. The molecule has 0 aliphatic heterocycles. The molecule has 12 heavy (non-hydrogen) atoms. The third-order valence-electron chi connectivity index (χ3n) is 1.91. The Bertz CT molecular complexity index is 194. The van der Waals surface area contributed by atoms with E-state index >= 15 is 0 Å². The number of rotatable bonds is 0. The Labute approximate surface area is 90.0 Å². The highest BCUT2D eigenvalue weighted by atomic mass is 32.1. The molecule has 0 heterocycles. The molecule has 0 atom stereocenters. The summed E-state index contributed by atoms with van der Waals surface area (Å²) in [5.41, 5.74) is 4.01. The number of allylic oxidation sites excluding steroid dienone is 3. The van der Waals surface area contributed by atoms with Gasteiger partial charge in [-0.3, -0.25) is 0 Å². The molecule has 1 saturated carbocycles. The molecule has 1 fully saturated rings. The molecule has 0 spiro atoms. The topological polar surface area (TPSA) is 0 Å². The molecule has 1 aliphatic carbocycles. The maximum Gasteiger partial charge on any atom is -0.00858 e. The van der Waals surface area contributed by atoms with Crippen LogP contribution in [0.3, 0.4) is 0 Å². The van der Waals surface area contributed by atoms with Crippen LogP contribution in [-0.2, 0) is 0 Å². The molecule has 1 aliphatic rings. The van der Waals surface area contributed by atoms with Crippen molar-refractivity contribution in [3.8, 4) is 0 Å². The van der Waals surface area contributed by atoms with E-state index in [9.17, 15) is 0 Å². The van der Waals surface area contributed by atoms with Crippen molar-refractivity contribution in [2.45, 2.75) is 19.3 Å². The van der Waals surface area contributed by atoms with Gasteiger partial charge in [0.25, 0.3) is 0 Å². The predicted molar refractivity (Wildman–Crippen MR) is 65.1 cm³/mol. The van der Waals surface area contributed by atoms with Gasteiger partial charge in [0.2, 0.25) is 0 Å². The third-order valence-corrected chi connectivity index (χ3v) is 3.01. The van der Waals surface area contributed by atoms with Gasteiger partial charge in [-0.25, -0.2) is 0 Å². The lowest BCUT2D eigenvalue weighted by molar-refractivity contribution is 0.869. The zero-order valence-corrected chi connectivity index (χ0v) is 9.38. The summed E-state index contributed by atoms with van der Waals surface area (Å²) in [6, 6.07) is 0. The first-order valence-electron chi connectivity index (χ1n) is 3.76. The number of hydrogen-bond donors (Lipinski definition) is 3. The van der Waals surface area contributed by atoms with E-state index < -0.39 is 0 Å². The summed E-state index contributed by atoms with van der Waals surface area (Å²) in [5, 5.41) is 5.65. The highest BCUT2D eigenvalue weighted by Crippen LogP contribution is 2.32. The molecule has 0 bridgehead atoms. The van der Waals surface area contributed by atoms with E-state index in [-0.39, 0.29) is 0 Å². The average Bonchev–Trinajstić information content (AvgIpc) is 2.16. The standard InChI is InChI=1S/C9H12S3/c10-4-7-1-8(5-11)3-9(2-7)6-12/h4-6,10-12H,1-3H2. The molecule has 0 radical (unpaired) electrons. The highest BCUT2D eigenvalue weighted by Gasteiger charge is 2.12. The van der Waals surface area contributed by atoms with E-state index in [1.54, 1.807) is 0 Å². The van der Waals surface area contributed by atoms with Crippen molar-refractivity contribution in [1.29, 1.82) is 0 Å². The first-order valence-corrected chi connectivity index (χ1v) is 5.31. The van der Waals surface area contributed by atoms with Gasteiger partial charge in [-0.1, -0.05) is 16.7 Å². The molecule has 3 heteroatoms. The molecule has 66 valence electrons. The summed E-state index contributed by atoms with van der Waals surface area (Å²) >= 11 is 12.5. The Balaban J connectivity index is 2.79. The Morgan fingerprint density at radius 2 is 0.917 bits per heavy atom. The summed E-state index contributed by atoms with van der Waals surface area (Å²) in [6.45, 7) is 0. The smallest absolute Gasteiger partial charge is 0.00858 e. The summed E-state index contributed by atoms with van der Waals surface area (Å²) in [5.74, 6) is 0. The van der Waals surface area contributed by atoms with Crippen molar-refractivity contribution in [1.82, 2.24) is 0 Å². The van der Waals surface area contributed by atoms with E-state index in [4.69, 9.17) is 0 Å². The molecule has 0 amide bonds. The van der Waals surface area contributed by atoms with Gasteiger partial charge in [-0.15, -0.1) is 0 Å². The van der Waals surface area contributed by atoms with Crippen LogP contribution in [0.5, 0.6) is 0 Å². The first kappa shape index (κ1) is 10.4. The molecule has 0 aromatic heterocycles. The quantitative estimate of drug-likeness (QED) is 0.506. The molecule has 0 unspecified atom stereocenters. The number of hydrogen-bond acceptors (Lipinski definition) is 3. The maximum absolute atomic E-state index is 4.16. The second kappa shape index (κ2) is 5.10.